The molecule has 0 atom stereocenters. The molecule has 5 rings (SSSR count). The molecule has 1 fully saturated rings. The molecule has 0 saturated carbocycles. The van der Waals surface area contributed by atoms with Gasteiger partial charge < -0.3 is 14.5 Å². The highest BCUT2D eigenvalue weighted by Gasteiger charge is 2.24. The number of ether oxygens (including phenoxy) is 1. The van der Waals surface area contributed by atoms with Crippen molar-refractivity contribution in [1.29, 1.82) is 0 Å². The van der Waals surface area contributed by atoms with Gasteiger partial charge in [0, 0.05) is 68.1 Å². The third-order valence-corrected chi connectivity index (χ3v) is 6.15. The minimum absolute atomic E-state index is 0.0315. The van der Waals surface area contributed by atoms with Crippen LogP contribution in [0.3, 0.4) is 0 Å². The summed E-state index contributed by atoms with van der Waals surface area (Å²) >= 11 is 0. The van der Waals surface area contributed by atoms with E-state index in [1.165, 1.54) is 19.2 Å². The van der Waals surface area contributed by atoms with Crippen LogP contribution in [0.5, 0.6) is 5.75 Å². The van der Waals surface area contributed by atoms with E-state index in [0.29, 0.717) is 60.0 Å². The van der Waals surface area contributed by atoms with Gasteiger partial charge in [-0.2, -0.15) is 0 Å². The van der Waals surface area contributed by atoms with E-state index in [9.17, 15) is 13.6 Å². The van der Waals surface area contributed by atoms with Crippen LogP contribution in [-0.2, 0) is 4.79 Å². The molecule has 2 aromatic heterocycles. The SMILES string of the molecule is COc1cc(-c2ccc(F)cc2F)cc2c(N3CCN(C(C)=O)CC3)nc(-c3cccnc3)nc12. The first kappa shape index (κ1) is 22.6. The Balaban J connectivity index is 1.71. The first-order chi connectivity index (χ1) is 16.9. The molecular formula is C26H23F2N5O2. The van der Waals surface area contributed by atoms with Crippen LogP contribution in [0.25, 0.3) is 33.4 Å². The Morgan fingerprint density at radius 2 is 1.80 bits per heavy atom. The van der Waals surface area contributed by atoms with Crippen LogP contribution in [0, 0.1) is 11.6 Å². The van der Waals surface area contributed by atoms with Gasteiger partial charge in [-0.3, -0.25) is 9.78 Å². The molecular weight excluding hydrogens is 452 g/mol. The van der Waals surface area contributed by atoms with E-state index in [1.807, 2.05) is 12.1 Å². The summed E-state index contributed by atoms with van der Waals surface area (Å²) in [6.07, 6.45) is 3.36. The number of hydrogen-bond acceptors (Lipinski definition) is 6. The summed E-state index contributed by atoms with van der Waals surface area (Å²) in [6, 6.07) is 10.7. The second-order valence-electron chi connectivity index (χ2n) is 8.30. The van der Waals surface area contributed by atoms with Crippen LogP contribution in [0.15, 0.2) is 54.9 Å². The number of fused-ring (bicyclic) bond motifs is 1. The van der Waals surface area contributed by atoms with Crippen molar-refractivity contribution in [2.75, 3.05) is 38.2 Å². The van der Waals surface area contributed by atoms with Crippen LogP contribution in [0.2, 0.25) is 0 Å². The fourth-order valence-electron chi connectivity index (χ4n) is 4.32. The quantitative estimate of drug-likeness (QED) is 0.438. The smallest absolute Gasteiger partial charge is 0.219 e. The molecule has 4 aromatic rings. The molecule has 0 unspecified atom stereocenters. The summed E-state index contributed by atoms with van der Waals surface area (Å²) in [5.74, 6) is 0.290. The molecule has 1 aliphatic heterocycles. The van der Waals surface area contributed by atoms with Crippen molar-refractivity contribution >= 4 is 22.6 Å². The van der Waals surface area contributed by atoms with E-state index in [4.69, 9.17) is 14.7 Å². The monoisotopic (exact) mass is 475 g/mol. The number of nitrogens with zero attached hydrogens (tertiary/aromatic N) is 5. The van der Waals surface area contributed by atoms with Gasteiger partial charge >= 0.3 is 0 Å². The number of halogens is 2. The Morgan fingerprint density at radius 1 is 1.00 bits per heavy atom. The number of amides is 1. The average molecular weight is 475 g/mol. The average Bonchev–Trinajstić information content (AvgIpc) is 2.88. The third-order valence-electron chi connectivity index (χ3n) is 6.15. The van der Waals surface area contributed by atoms with Gasteiger partial charge in [0.15, 0.2) is 5.82 Å². The van der Waals surface area contributed by atoms with E-state index in [2.05, 4.69) is 9.88 Å². The molecule has 7 nitrogen and oxygen atoms in total. The van der Waals surface area contributed by atoms with Gasteiger partial charge in [0.25, 0.3) is 0 Å². The number of anilines is 1. The van der Waals surface area contributed by atoms with Gasteiger partial charge in [0.2, 0.25) is 5.91 Å². The first-order valence-corrected chi connectivity index (χ1v) is 11.2. The van der Waals surface area contributed by atoms with Gasteiger partial charge in [-0.25, -0.2) is 18.7 Å². The van der Waals surface area contributed by atoms with Crippen LogP contribution in [0.1, 0.15) is 6.92 Å². The molecule has 0 radical (unpaired) electrons. The Bertz CT molecular complexity index is 1410. The van der Waals surface area contributed by atoms with Gasteiger partial charge in [-0.15, -0.1) is 0 Å². The molecule has 0 aliphatic carbocycles. The van der Waals surface area contributed by atoms with Crippen molar-refractivity contribution in [1.82, 2.24) is 19.9 Å². The lowest BCUT2D eigenvalue weighted by Crippen LogP contribution is -2.48. The number of methoxy groups -OCH3 is 1. The fourth-order valence-corrected chi connectivity index (χ4v) is 4.32. The number of rotatable bonds is 4. The summed E-state index contributed by atoms with van der Waals surface area (Å²) in [7, 11) is 1.52. The first-order valence-electron chi connectivity index (χ1n) is 11.2. The zero-order chi connectivity index (χ0) is 24.5. The number of carbonyl (C=O) groups is 1. The van der Waals surface area contributed by atoms with Crippen LogP contribution in [0.4, 0.5) is 14.6 Å². The summed E-state index contributed by atoms with van der Waals surface area (Å²) in [4.78, 5) is 29.5. The minimum Gasteiger partial charge on any atom is -0.494 e. The number of pyridine rings is 1. The highest BCUT2D eigenvalue weighted by Crippen LogP contribution is 2.38. The predicted molar refractivity (Wildman–Crippen MR) is 129 cm³/mol. The zero-order valence-corrected chi connectivity index (χ0v) is 19.3. The highest BCUT2D eigenvalue weighted by molar-refractivity contribution is 5.98. The van der Waals surface area contributed by atoms with E-state index in [0.717, 1.165) is 11.6 Å². The number of benzene rings is 2. The summed E-state index contributed by atoms with van der Waals surface area (Å²) in [6.45, 7) is 3.84. The molecule has 3 heterocycles. The van der Waals surface area contributed by atoms with Crippen molar-refractivity contribution in [2.45, 2.75) is 6.92 Å². The molecule has 0 N–H and O–H groups in total. The second-order valence-corrected chi connectivity index (χ2v) is 8.30. The molecule has 1 aliphatic rings. The molecule has 0 bridgehead atoms. The summed E-state index contributed by atoms with van der Waals surface area (Å²) < 4.78 is 33.9. The van der Waals surface area contributed by atoms with Crippen LogP contribution >= 0.6 is 0 Å². The molecule has 35 heavy (non-hydrogen) atoms. The minimum atomic E-state index is -0.670. The fraction of sp³-hybridized carbons (Fsp3) is 0.231. The Morgan fingerprint density at radius 3 is 2.46 bits per heavy atom. The van der Waals surface area contributed by atoms with E-state index in [-0.39, 0.29) is 11.5 Å². The normalized spacial score (nSPS) is 13.8. The molecule has 1 amide bonds. The molecule has 2 aromatic carbocycles. The number of piperazine rings is 1. The van der Waals surface area contributed by atoms with E-state index < -0.39 is 11.6 Å². The Hall–Kier alpha value is -4.14. The van der Waals surface area contributed by atoms with Crippen molar-refractivity contribution in [3.63, 3.8) is 0 Å². The van der Waals surface area contributed by atoms with Gasteiger partial charge in [-0.05, 0) is 42.0 Å². The van der Waals surface area contributed by atoms with Gasteiger partial charge in [0.1, 0.15) is 28.7 Å². The zero-order valence-electron chi connectivity index (χ0n) is 19.3. The number of carbonyl (C=O) groups excluding carboxylic acids is 1. The lowest BCUT2D eigenvalue weighted by Gasteiger charge is -2.35. The maximum atomic E-state index is 14.7. The number of aromatic nitrogens is 3. The molecule has 178 valence electrons. The van der Waals surface area contributed by atoms with Crippen LogP contribution in [-0.4, -0.2) is 59.0 Å². The Labute approximate surface area is 201 Å². The molecule has 0 spiro atoms. The van der Waals surface area contributed by atoms with Gasteiger partial charge in [-0.1, -0.05) is 0 Å². The largest absolute Gasteiger partial charge is 0.494 e. The molecule has 1 saturated heterocycles. The third kappa shape index (κ3) is 4.37. The Kier molecular flexibility index (Phi) is 5.98. The standard InChI is InChI=1S/C26H23F2N5O2/c1-16(34)32-8-10-33(11-9-32)26-21-12-18(20-6-5-19(27)14-22(20)28)13-23(35-2)24(21)30-25(31-26)17-4-3-7-29-15-17/h3-7,12-15H,8-11H2,1-2H3. The van der Waals surface area contributed by atoms with Crippen molar-refractivity contribution in [2.24, 2.45) is 0 Å². The topological polar surface area (TPSA) is 71.5 Å². The summed E-state index contributed by atoms with van der Waals surface area (Å²) in [5.41, 5.74) is 2.08. The molecule has 9 heteroatoms. The van der Waals surface area contributed by atoms with Crippen LogP contribution < -0.4 is 9.64 Å². The van der Waals surface area contributed by atoms with E-state index in [1.54, 1.807) is 36.4 Å². The lowest BCUT2D eigenvalue weighted by atomic mass is 10.0. The maximum absolute atomic E-state index is 14.7. The van der Waals surface area contributed by atoms with Crippen molar-refractivity contribution < 1.29 is 18.3 Å². The maximum Gasteiger partial charge on any atom is 0.219 e. The summed E-state index contributed by atoms with van der Waals surface area (Å²) in [5, 5.41) is 0.673. The van der Waals surface area contributed by atoms with E-state index >= 15 is 0 Å². The highest BCUT2D eigenvalue weighted by atomic mass is 19.1. The van der Waals surface area contributed by atoms with Gasteiger partial charge in [0.05, 0.1) is 7.11 Å². The predicted octanol–water partition coefficient (Wildman–Crippen LogP) is 4.31. The lowest BCUT2D eigenvalue weighted by molar-refractivity contribution is -0.129. The van der Waals surface area contributed by atoms with Crippen molar-refractivity contribution in [3.8, 4) is 28.3 Å². The van der Waals surface area contributed by atoms with Crippen molar-refractivity contribution in [3.05, 3.63) is 66.5 Å². The second kappa shape index (κ2) is 9.25. The number of hydrogen-bond donors (Lipinski definition) is 0.